The molecule has 0 aromatic heterocycles. The SMILES string of the molecule is O=C(Cc1ccc2c(c1)CC(=O)N2)Cc1c(F)cccc1F. The maximum atomic E-state index is 13.5. The summed E-state index contributed by atoms with van der Waals surface area (Å²) in [7, 11) is 0. The van der Waals surface area contributed by atoms with Gasteiger partial charge in [-0.2, -0.15) is 0 Å². The Balaban J connectivity index is 1.73. The number of ketones is 1. The predicted octanol–water partition coefficient (Wildman–Crippen LogP) is 2.81. The van der Waals surface area contributed by atoms with Gasteiger partial charge in [-0.1, -0.05) is 18.2 Å². The van der Waals surface area contributed by atoms with Crippen molar-refractivity contribution < 1.29 is 18.4 Å². The first-order valence-electron chi connectivity index (χ1n) is 6.89. The molecule has 5 heteroatoms. The van der Waals surface area contributed by atoms with Gasteiger partial charge in [0.15, 0.2) is 0 Å². The van der Waals surface area contributed by atoms with Crippen LogP contribution in [0.4, 0.5) is 14.5 Å². The van der Waals surface area contributed by atoms with Crippen LogP contribution in [-0.4, -0.2) is 11.7 Å². The second-order valence-electron chi connectivity index (χ2n) is 5.31. The first kappa shape index (κ1) is 14.4. The molecular formula is C17H13F2NO2. The van der Waals surface area contributed by atoms with Gasteiger partial charge in [-0.15, -0.1) is 0 Å². The minimum absolute atomic E-state index is 0.0769. The largest absolute Gasteiger partial charge is 0.326 e. The highest BCUT2D eigenvalue weighted by molar-refractivity contribution is 5.99. The highest BCUT2D eigenvalue weighted by atomic mass is 19.1. The van der Waals surface area contributed by atoms with Crippen LogP contribution in [0.3, 0.4) is 0 Å². The number of carbonyl (C=O) groups excluding carboxylic acids is 2. The summed E-state index contributed by atoms with van der Waals surface area (Å²) in [6.07, 6.45) is 0.0846. The van der Waals surface area contributed by atoms with E-state index < -0.39 is 11.6 Å². The summed E-state index contributed by atoms with van der Waals surface area (Å²) in [5.41, 5.74) is 2.12. The van der Waals surface area contributed by atoms with Crippen molar-refractivity contribution in [3.8, 4) is 0 Å². The molecule has 0 saturated carbocycles. The molecule has 1 aliphatic heterocycles. The summed E-state index contributed by atoms with van der Waals surface area (Å²) >= 11 is 0. The molecule has 0 bridgehead atoms. The van der Waals surface area contributed by atoms with Crippen molar-refractivity contribution in [1.82, 2.24) is 0 Å². The van der Waals surface area contributed by atoms with Gasteiger partial charge >= 0.3 is 0 Å². The van der Waals surface area contributed by atoms with Crippen molar-refractivity contribution in [3.63, 3.8) is 0 Å². The van der Waals surface area contributed by atoms with Crippen LogP contribution in [0.25, 0.3) is 0 Å². The number of benzene rings is 2. The Kier molecular flexibility index (Phi) is 3.71. The number of anilines is 1. The molecule has 1 amide bonds. The molecule has 0 fully saturated rings. The molecule has 0 radical (unpaired) electrons. The van der Waals surface area contributed by atoms with Gasteiger partial charge in [0.05, 0.1) is 6.42 Å². The van der Waals surface area contributed by atoms with Crippen LogP contribution in [0.2, 0.25) is 0 Å². The van der Waals surface area contributed by atoms with Crippen molar-refractivity contribution >= 4 is 17.4 Å². The number of Topliss-reactive ketones (excluding diaryl/α,β-unsaturated/α-hetero) is 1. The molecule has 0 atom stereocenters. The third-order valence-corrected chi connectivity index (χ3v) is 3.63. The van der Waals surface area contributed by atoms with Crippen LogP contribution in [0.5, 0.6) is 0 Å². The molecule has 22 heavy (non-hydrogen) atoms. The van der Waals surface area contributed by atoms with E-state index in [1.807, 2.05) is 0 Å². The van der Waals surface area contributed by atoms with E-state index in [1.54, 1.807) is 18.2 Å². The van der Waals surface area contributed by atoms with Crippen molar-refractivity contribution in [2.75, 3.05) is 5.32 Å². The molecule has 1 N–H and O–H groups in total. The molecule has 3 nitrogen and oxygen atoms in total. The van der Waals surface area contributed by atoms with E-state index >= 15 is 0 Å². The van der Waals surface area contributed by atoms with E-state index in [0.717, 1.165) is 28.9 Å². The van der Waals surface area contributed by atoms with Crippen molar-refractivity contribution in [1.29, 1.82) is 0 Å². The standard InChI is InChI=1S/C17H13F2NO2/c18-14-2-1-3-15(19)13(14)9-12(21)7-10-4-5-16-11(6-10)8-17(22)20-16/h1-6H,7-9H2,(H,20,22). The highest BCUT2D eigenvalue weighted by Gasteiger charge is 2.19. The summed E-state index contributed by atoms with van der Waals surface area (Å²) in [4.78, 5) is 23.3. The van der Waals surface area contributed by atoms with Gasteiger partial charge < -0.3 is 5.32 Å². The first-order valence-corrected chi connectivity index (χ1v) is 6.89. The van der Waals surface area contributed by atoms with Gasteiger partial charge in [0.2, 0.25) is 5.91 Å². The van der Waals surface area contributed by atoms with E-state index in [1.165, 1.54) is 6.07 Å². The van der Waals surface area contributed by atoms with E-state index in [2.05, 4.69) is 5.32 Å². The van der Waals surface area contributed by atoms with E-state index in [9.17, 15) is 18.4 Å². The zero-order valence-corrected chi connectivity index (χ0v) is 11.7. The molecule has 2 aromatic carbocycles. The summed E-state index contributed by atoms with van der Waals surface area (Å²) in [5, 5.41) is 2.71. The molecule has 112 valence electrons. The maximum absolute atomic E-state index is 13.5. The Bertz CT molecular complexity index is 751. The lowest BCUT2D eigenvalue weighted by Gasteiger charge is -2.06. The quantitative estimate of drug-likeness (QED) is 0.944. The maximum Gasteiger partial charge on any atom is 0.228 e. The minimum Gasteiger partial charge on any atom is -0.326 e. The van der Waals surface area contributed by atoms with Crippen LogP contribution in [0, 0.1) is 11.6 Å². The van der Waals surface area contributed by atoms with Gasteiger partial charge in [0.1, 0.15) is 17.4 Å². The predicted molar refractivity (Wildman–Crippen MR) is 77.5 cm³/mol. The van der Waals surface area contributed by atoms with Crippen LogP contribution >= 0.6 is 0 Å². The topological polar surface area (TPSA) is 46.2 Å². The lowest BCUT2D eigenvalue weighted by molar-refractivity contribution is -0.118. The number of hydrogen-bond acceptors (Lipinski definition) is 2. The fraction of sp³-hybridized carbons (Fsp3) is 0.176. The smallest absolute Gasteiger partial charge is 0.228 e. The fourth-order valence-electron chi connectivity index (χ4n) is 2.58. The molecule has 1 aliphatic rings. The normalized spacial score (nSPS) is 12.9. The second-order valence-corrected chi connectivity index (χ2v) is 5.31. The van der Waals surface area contributed by atoms with Gasteiger partial charge in [-0.05, 0) is 29.3 Å². The molecular weight excluding hydrogens is 288 g/mol. The van der Waals surface area contributed by atoms with Crippen LogP contribution < -0.4 is 5.32 Å². The fourth-order valence-corrected chi connectivity index (χ4v) is 2.58. The van der Waals surface area contributed by atoms with Crippen molar-refractivity contribution in [2.24, 2.45) is 0 Å². The molecule has 0 unspecified atom stereocenters. The van der Waals surface area contributed by atoms with Gasteiger partial charge in [0.25, 0.3) is 0 Å². The van der Waals surface area contributed by atoms with E-state index in [4.69, 9.17) is 0 Å². The summed E-state index contributed by atoms with van der Waals surface area (Å²) in [6.45, 7) is 0. The van der Waals surface area contributed by atoms with Crippen LogP contribution in [-0.2, 0) is 28.9 Å². The minimum atomic E-state index is -0.711. The zero-order chi connectivity index (χ0) is 15.7. The summed E-state index contributed by atoms with van der Waals surface area (Å²) in [6, 6.07) is 8.80. The molecule has 0 spiro atoms. The molecule has 0 saturated heterocycles. The number of hydrogen-bond donors (Lipinski definition) is 1. The Morgan fingerprint density at radius 2 is 1.82 bits per heavy atom. The lowest BCUT2D eigenvalue weighted by atomic mass is 10.00. The molecule has 1 heterocycles. The van der Waals surface area contributed by atoms with Gasteiger partial charge in [0, 0.05) is 24.1 Å². The number of rotatable bonds is 4. The zero-order valence-electron chi connectivity index (χ0n) is 11.7. The number of amides is 1. The Morgan fingerprint density at radius 3 is 2.55 bits per heavy atom. The van der Waals surface area contributed by atoms with Crippen LogP contribution in [0.1, 0.15) is 16.7 Å². The lowest BCUT2D eigenvalue weighted by Crippen LogP contribution is -2.09. The van der Waals surface area contributed by atoms with Crippen molar-refractivity contribution in [3.05, 3.63) is 64.7 Å². The third-order valence-electron chi connectivity index (χ3n) is 3.63. The number of carbonyl (C=O) groups is 2. The van der Waals surface area contributed by atoms with E-state index in [0.29, 0.717) is 6.42 Å². The molecule has 0 aliphatic carbocycles. The number of halogens is 2. The molecule has 2 aromatic rings. The molecule has 3 rings (SSSR count). The third kappa shape index (κ3) is 2.88. The Hall–Kier alpha value is -2.56. The Labute approximate surface area is 126 Å². The van der Waals surface area contributed by atoms with Gasteiger partial charge in [-0.3, -0.25) is 9.59 Å². The first-order chi connectivity index (χ1) is 10.5. The number of fused-ring (bicyclic) bond motifs is 1. The van der Waals surface area contributed by atoms with Gasteiger partial charge in [-0.25, -0.2) is 8.78 Å². The summed E-state index contributed by atoms with van der Waals surface area (Å²) in [5.74, 6) is -1.78. The van der Waals surface area contributed by atoms with Crippen LogP contribution in [0.15, 0.2) is 36.4 Å². The van der Waals surface area contributed by atoms with E-state index in [-0.39, 0.29) is 30.1 Å². The second kappa shape index (κ2) is 5.67. The van der Waals surface area contributed by atoms with Crippen molar-refractivity contribution in [2.45, 2.75) is 19.3 Å². The average molecular weight is 301 g/mol. The highest BCUT2D eigenvalue weighted by Crippen LogP contribution is 2.24. The monoisotopic (exact) mass is 301 g/mol. The Morgan fingerprint density at radius 1 is 1.09 bits per heavy atom. The average Bonchev–Trinajstić information content (AvgIpc) is 2.82. The number of nitrogens with one attached hydrogen (secondary N) is 1. The summed E-state index contributed by atoms with van der Waals surface area (Å²) < 4.78 is 27.1.